The van der Waals surface area contributed by atoms with Gasteiger partial charge in [-0.15, -0.1) is 0 Å². The van der Waals surface area contributed by atoms with Crippen molar-refractivity contribution in [3.63, 3.8) is 0 Å². The third-order valence-corrected chi connectivity index (χ3v) is 2.91. The molecular weight excluding hydrogens is 322 g/mol. The van der Waals surface area contributed by atoms with Crippen LogP contribution in [0.2, 0.25) is 0 Å². The lowest BCUT2D eigenvalue weighted by molar-refractivity contribution is 0.102. The lowest BCUT2D eigenvalue weighted by Crippen LogP contribution is -2.13. The highest BCUT2D eigenvalue weighted by molar-refractivity contribution is 9.10. The number of pyridine rings is 1. The Balaban J connectivity index is 2.30. The first-order valence-corrected chi connectivity index (χ1v) is 5.87. The molecule has 7 heteroatoms. The summed E-state index contributed by atoms with van der Waals surface area (Å²) in [5, 5.41) is 11.6. The minimum Gasteiger partial charge on any atom is -0.505 e. The van der Waals surface area contributed by atoms with Crippen molar-refractivity contribution in [1.29, 1.82) is 0 Å². The smallest absolute Gasteiger partial charge is 0.259 e. The Labute approximate surface area is 115 Å². The summed E-state index contributed by atoms with van der Waals surface area (Å²) >= 11 is 2.83. The number of rotatable bonds is 2. The third kappa shape index (κ3) is 2.87. The van der Waals surface area contributed by atoms with Crippen LogP contribution in [0.15, 0.2) is 35.1 Å². The fraction of sp³-hybridized carbons (Fsp3) is 0. The van der Waals surface area contributed by atoms with Gasteiger partial charge in [-0.25, -0.2) is 8.78 Å². The van der Waals surface area contributed by atoms with E-state index in [0.717, 1.165) is 18.3 Å². The van der Waals surface area contributed by atoms with Crippen molar-refractivity contribution in [3.8, 4) is 5.75 Å². The number of hydrogen-bond donors (Lipinski definition) is 2. The highest BCUT2D eigenvalue weighted by Crippen LogP contribution is 2.24. The van der Waals surface area contributed by atoms with Crippen molar-refractivity contribution >= 4 is 27.5 Å². The van der Waals surface area contributed by atoms with Gasteiger partial charge in [-0.05, 0) is 28.1 Å². The molecule has 19 heavy (non-hydrogen) atoms. The van der Waals surface area contributed by atoms with Crippen molar-refractivity contribution in [3.05, 3.63) is 52.3 Å². The number of aromatic nitrogens is 1. The third-order valence-electron chi connectivity index (χ3n) is 2.30. The van der Waals surface area contributed by atoms with E-state index in [1.54, 1.807) is 0 Å². The Bertz CT molecular complexity index is 650. The monoisotopic (exact) mass is 328 g/mol. The number of anilines is 1. The zero-order valence-electron chi connectivity index (χ0n) is 9.32. The maximum atomic E-state index is 13.5. The second-order valence-corrected chi connectivity index (χ2v) is 4.45. The van der Waals surface area contributed by atoms with Gasteiger partial charge in [0.15, 0.2) is 0 Å². The van der Waals surface area contributed by atoms with Crippen LogP contribution in [0.5, 0.6) is 5.75 Å². The Kier molecular flexibility index (Phi) is 3.75. The number of halogens is 3. The van der Waals surface area contributed by atoms with E-state index in [-0.39, 0.29) is 21.5 Å². The average Bonchev–Trinajstić information content (AvgIpc) is 2.36. The summed E-state index contributed by atoms with van der Waals surface area (Å²) in [6.07, 6.45) is 2.38. The van der Waals surface area contributed by atoms with Crippen LogP contribution in [-0.2, 0) is 0 Å². The fourth-order valence-electron chi connectivity index (χ4n) is 1.39. The van der Waals surface area contributed by atoms with Crippen LogP contribution in [0.4, 0.5) is 14.5 Å². The number of benzene rings is 1. The van der Waals surface area contributed by atoms with Gasteiger partial charge in [-0.2, -0.15) is 0 Å². The number of carbonyl (C=O) groups excluding carboxylic acids is 1. The summed E-state index contributed by atoms with van der Waals surface area (Å²) in [6.45, 7) is 0. The fourth-order valence-corrected chi connectivity index (χ4v) is 1.70. The van der Waals surface area contributed by atoms with E-state index in [4.69, 9.17) is 0 Å². The number of nitrogens with zero attached hydrogens (tertiary/aromatic N) is 1. The van der Waals surface area contributed by atoms with Gasteiger partial charge in [-0.3, -0.25) is 9.78 Å². The van der Waals surface area contributed by atoms with E-state index < -0.39 is 17.5 Å². The van der Waals surface area contributed by atoms with Gasteiger partial charge in [0.05, 0.1) is 21.9 Å². The van der Waals surface area contributed by atoms with Gasteiger partial charge in [0.25, 0.3) is 5.91 Å². The van der Waals surface area contributed by atoms with Crippen molar-refractivity contribution in [2.45, 2.75) is 0 Å². The molecule has 0 saturated carbocycles. The number of hydrogen-bond acceptors (Lipinski definition) is 3. The zero-order chi connectivity index (χ0) is 14.0. The number of carbonyl (C=O) groups is 1. The Morgan fingerprint density at radius 2 is 2.05 bits per heavy atom. The molecule has 2 rings (SSSR count). The van der Waals surface area contributed by atoms with Crippen LogP contribution in [0, 0.1) is 11.6 Å². The van der Waals surface area contributed by atoms with Crippen LogP contribution in [0.3, 0.4) is 0 Å². The van der Waals surface area contributed by atoms with Gasteiger partial charge >= 0.3 is 0 Å². The molecule has 1 heterocycles. The Morgan fingerprint density at radius 3 is 2.74 bits per heavy atom. The molecule has 2 aromatic rings. The first-order chi connectivity index (χ1) is 8.99. The summed E-state index contributed by atoms with van der Waals surface area (Å²) in [4.78, 5) is 15.4. The minimum atomic E-state index is -0.796. The molecule has 0 spiro atoms. The summed E-state index contributed by atoms with van der Waals surface area (Å²) in [5.41, 5.74) is -0.403. The van der Waals surface area contributed by atoms with Crippen LogP contribution in [0.25, 0.3) is 0 Å². The summed E-state index contributed by atoms with van der Waals surface area (Å²) in [5.74, 6) is -2.62. The number of nitrogens with one attached hydrogen (secondary N) is 1. The van der Waals surface area contributed by atoms with Crippen molar-refractivity contribution in [1.82, 2.24) is 4.98 Å². The van der Waals surface area contributed by atoms with Crippen LogP contribution < -0.4 is 5.32 Å². The molecule has 4 nitrogen and oxygen atoms in total. The van der Waals surface area contributed by atoms with Gasteiger partial charge in [0.1, 0.15) is 17.4 Å². The van der Waals surface area contributed by atoms with Gasteiger partial charge < -0.3 is 10.4 Å². The Morgan fingerprint density at radius 1 is 1.32 bits per heavy atom. The lowest BCUT2D eigenvalue weighted by Gasteiger charge is -2.08. The van der Waals surface area contributed by atoms with Gasteiger partial charge in [0.2, 0.25) is 0 Å². The van der Waals surface area contributed by atoms with E-state index in [2.05, 4.69) is 26.2 Å². The SMILES string of the molecule is O=C(Nc1cc(F)c(Br)cc1F)c1ccncc1O. The van der Waals surface area contributed by atoms with E-state index >= 15 is 0 Å². The lowest BCUT2D eigenvalue weighted by atomic mass is 10.2. The molecule has 0 aliphatic carbocycles. The molecule has 0 aliphatic heterocycles. The second kappa shape index (κ2) is 5.31. The first-order valence-electron chi connectivity index (χ1n) is 5.08. The maximum absolute atomic E-state index is 13.5. The van der Waals surface area contributed by atoms with Crippen LogP contribution >= 0.6 is 15.9 Å². The summed E-state index contributed by atoms with van der Waals surface area (Å²) in [6, 6.07) is 3.00. The molecule has 1 aromatic carbocycles. The van der Waals surface area contributed by atoms with Crippen molar-refractivity contribution < 1.29 is 18.7 Å². The van der Waals surface area contributed by atoms with Gasteiger partial charge in [-0.1, -0.05) is 0 Å². The predicted molar refractivity (Wildman–Crippen MR) is 67.9 cm³/mol. The van der Waals surface area contributed by atoms with E-state index in [1.807, 2.05) is 0 Å². The average molecular weight is 329 g/mol. The number of aromatic hydroxyl groups is 1. The van der Waals surface area contributed by atoms with Crippen molar-refractivity contribution in [2.24, 2.45) is 0 Å². The van der Waals surface area contributed by atoms with Gasteiger partial charge in [0, 0.05) is 12.3 Å². The molecule has 0 fully saturated rings. The second-order valence-electron chi connectivity index (χ2n) is 3.59. The Hall–Kier alpha value is -2.02. The zero-order valence-corrected chi connectivity index (χ0v) is 10.9. The molecule has 0 unspecified atom stereocenters. The van der Waals surface area contributed by atoms with Crippen molar-refractivity contribution in [2.75, 3.05) is 5.32 Å². The molecule has 0 aliphatic rings. The molecule has 1 aromatic heterocycles. The molecule has 98 valence electrons. The molecule has 2 N–H and O–H groups in total. The topological polar surface area (TPSA) is 62.2 Å². The quantitative estimate of drug-likeness (QED) is 0.833. The molecular formula is C12H7BrF2N2O2. The molecule has 0 saturated heterocycles. The predicted octanol–water partition coefficient (Wildman–Crippen LogP) is 3.08. The summed E-state index contributed by atoms with van der Waals surface area (Å²) in [7, 11) is 0. The standard InChI is InChI=1S/C12H7BrF2N2O2/c13-7-3-9(15)10(4-8(7)14)17-12(19)6-1-2-16-5-11(6)18/h1-5,18H,(H,17,19). The minimum absolute atomic E-state index is 0.0465. The highest BCUT2D eigenvalue weighted by Gasteiger charge is 2.15. The summed E-state index contributed by atoms with van der Waals surface area (Å²) < 4.78 is 26.7. The van der Waals surface area contributed by atoms with Crippen LogP contribution in [-0.4, -0.2) is 16.0 Å². The molecule has 0 radical (unpaired) electrons. The first kappa shape index (κ1) is 13.4. The van der Waals surface area contributed by atoms with E-state index in [9.17, 15) is 18.7 Å². The molecule has 0 bridgehead atoms. The van der Waals surface area contributed by atoms with E-state index in [0.29, 0.717) is 0 Å². The maximum Gasteiger partial charge on any atom is 0.259 e. The normalized spacial score (nSPS) is 10.3. The molecule has 1 amide bonds. The molecule has 0 atom stereocenters. The number of amides is 1. The highest BCUT2D eigenvalue weighted by atomic mass is 79.9. The van der Waals surface area contributed by atoms with E-state index in [1.165, 1.54) is 12.3 Å². The largest absolute Gasteiger partial charge is 0.505 e. The van der Waals surface area contributed by atoms with Crippen LogP contribution in [0.1, 0.15) is 10.4 Å².